The summed E-state index contributed by atoms with van der Waals surface area (Å²) in [5.41, 5.74) is 2.02. The Labute approximate surface area is 112 Å². The van der Waals surface area contributed by atoms with E-state index in [2.05, 4.69) is 5.32 Å². The van der Waals surface area contributed by atoms with E-state index in [-0.39, 0.29) is 18.2 Å². The molecule has 1 N–H and O–H groups in total. The normalized spacial score (nSPS) is 10.7. The summed E-state index contributed by atoms with van der Waals surface area (Å²) in [6, 6.07) is 6.71. The van der Waals surface area contributed by atoms with Gasteiger partial charge >= 0.3 is 0 Å². The molecule has 4 heteroatoms. The van der Waals surface area contributed by atoms with Crippen molar-refractivity contribution in [2.24, 2.45) is 0 Å². The van der Waals surface area contributed by atoms with Crippen LogP contribution < -0.4 is 10.1 Å². The zero-order valence-corrected chi connectivity index (χ0v) is 11.2. The largest absolute Gasteiger partial charge is 0.483 e. The van der Waals surface area contributed by atoms with Crippen molar-refractivity contribution in [2.75, 3.05) is 6.54 Å². The smallest absolute Gasteiger partial charge is 0.165 e. The molecule has 3 nitrogen and oxygen atoms in total. The van der Waals surface area contributed by atoms with Crippen LogP contribution in [0.25, 0.3) is 0 Å². The summed E-state index contributed by atoms with van der Waals surface area (Å²) in [5, 5.41) is 3.21. The first-order valence-electron chi connectivity index (χ1n) is 6.35. The van der Waals surface area contributed by atoms with Gasteiger partial charge in [0.15, 0.2) is 11.6 Å². The van der Waals surface area contributed by atoms with Crippen molar-refractivity contribution in [3.05, 3.63) is 53.2 Å². The van der Waals surface area contributed by atoms with Gasteiger partial charge in [0.1, 0.15) is 12.4 Å². The Bertz CT molecular complexity index is 537. The molecule has 0 amide bonds. The number of rotatable bonds is 6. The van der Waals surface area contributed by atoms with E-state index < -0.39 is 0 Å². The van der Waals surface area contributed by atoms with Crippen molar-refractivity contribution in [3.63, 3.8) is 0 Å². The summed E-state index contributed by atoms with van der Waals surface area (Å²) in [4.78, 5) is 0. The van der Waals surface area contributed by atoms with Crippen LogP contribution in [0.3, 0.4) is 0 Å². The van der Waals surface area contributed by atoms with Crippen LogP contribution in [-0.4, -0.2) is 6.54 Å². The zero-order valence-electron chi connectivity index (χ0n) is 11.2. The van der Waals surface area contributed by atoms with E-state index in [1.165, 1.54) is 6.07 Å². The van der Waals surface area contributed by atoms with Gasteiger partial charge in [-0.1, -0.05) is 13.0 Å². The minimum atomic E-state index is -0.356. The molecule has 0 aliphatic rings. The third-order valence-electron chi connectivity index (χ3n) is 2.74. The average Bonchev–Trinajstić information content (AvgIpc) is 2.85. The molecule has 19 heavy (non-hydrogen) atoms. The third kappa shape index (κ3) is 3.83. The number of hydrogen-bond donors (Lipinski definition) is 1. The minimum absolute atomic E-state index is 0.229. The van der Waals surface area contributed by atoms with Gasteiger partial charge < -0.3 is 14.5 Å². The highest BCUT2D eigenvalue weighted by Crippen LogP contribution is 2.20. The molecule has 0 atom stereocenters. The first-order valence-corrected chi connectivity index (χ1v) is 6.35. The number of ether oxygens (including phenoxy) is 1. The van der Waals surface area contributed by atoms with Crippen LogP contribution in [0.4, 0.5) is 4.39 Å². The van der Waals surface area contributed by atoms with E-state index in [1.807, 2.05) is 19.9 Å². The van der Waals surface area contributed by atoms with Gasteiger partial charge in [0.25, 0.3) is 0 Å². The van der Waals surface area contributed by atoms with E-state index in [0.29, 0.717) is 5.76 Å². The molecule has 0 aliphatic carbocycles. The number of halogens is 1. The minimum Gasteiger partial charge on any atom is -0.483 e. The maximum Gasteiger partial charge on any atom is 0.165 e. The molecule has 1 aromatic carbocycles. The molecule has 0 radical (unpaired) electrons. The highest BCUT2D eigenvalue weighted by molar-refractivity contribution is 5.29. The van der Waals surface area contributed by atoms with Gasteiger partial charge in [-0.2, -0.15) is 0 Å². The van der Waals surface area contributed by atoms with Crippen LogP contribution in [0.2, 0.25) is 0 Å². The molecule has 0 saturated carbocycles. The number of furan rings is 1. The Kier molecular flexibility index (Phi) is 4.58. The summed E-state index contributed by atoms with van der Waals surface area (Å²) < 4.78 is 24.3. The molecule has 0 fully saturated rings. The van der Waals surface area contributed by atoms with E-state index in [4.69, 9.17) is 9.15 Å². The highest BCUT2D eigenvalue weighted by atomic mass is 19.1. The van der Waals surface area contributed by atoms with Crippen molar-refractivity contribution >= 4 is 0 Å². The van der Waals surface area contributed by atoms with E-state index in [1.54, 1.807) is 18.4 Å². The lowest BCUT2D eigenvalue weighted by Gasteiger charge is -2.06. The Balaban J connectivity index is 1.94. The Morgan fingerprint density at radius 1 is 1.32 bits per heavy atom. The first kappa shape index (κ1) is 13.6. The van der Waals surface area contributed by atoms with Crippen LogP contribution in [0.5, 0.6) is 5.75 Å². The predicted molar refractivity (Wildman–Crippen MR) is 71.6 cm³/mol. The van der Waals surface area contributed by atoms with Crippen molar-refractivity contribution in [1.82, 2.24) is 5.32 Å². The van der Waals surface area contributed by atoms with Gasteiger partial charge in [-0.15, -0.1) is 0 Å². The molecule has 0 aliphatic heterocycles. The Hall–Kier alpha value is -1.81. The lowest BCUT2D eigenvalue weighted by molar-refractivity contribution is 0.258. The third-order valence-corrected chi connectivity index (χ3v) is 2.74. The van der Waals surface area contributed by atoms with Crippen molar-refractivity contribution in [3.8, 4) is 5.75 Å². The average molecular weight is 263 g/mol. The monoisotopic (exact) mass is 263 g/mol. The fraction of sp³-hybridized carbons (Fsp3) is 0.333. The lowest BCUT2D eigenvalue weighted by atomic mass is 10.2. The summed E-state index contributed by atoms with van der Waals surface area (Å²) in [6.45, 7) is 5.84. The second-order valence-electron chi connectivity index (χ2n) is 4.42. The number of aryl methyl sites for hydroxylation is 1. The summed E-state index contributed by atoms with van der Waals surface area (Å²) in [5.74, 6) is 0.587. The fourth-order valence-electron chi connectivity index (χ4n) is 1.73. The van der Waals surface area contributed by atoms with Crippen molar-refractivity contribution in [2.45, 2.75) is 27.0 Å². The van der Waals surface area contributed by atoms with Crippen LogP contribution in [0, 0.1) is 12.7 Å². The molecular weight excluding hydrogens is 245 g/mol. The molecule has 1 heterocycles. The zero-order chi connectivity index (χ0) is 13.7. The molecule has 2 rings (SSSR count). The van der Waals surface area contributed by atoms with Crippen LogP contribution in [-0.2, 0) is 13.2 Å². The van der Waals surface area contributed by atoms with E-state index in [9.17, 15) is 4.39 Å². The molecule has 1 aromatic heterocycles. The predicted octanol–water partition coefficient (Wildman–Crippen LogP) is 3.42. The molecule has 0 unspecified atom stereocenters. The first-order chi connectivity index (χ1) is 9.19. The molecule has 0 saturated heterocycles. The molecule has 102 valence electrons. The maximum absolute atomic E-state index is 13.5. The summed E-state index contributed by atoms with van der Waals surface area (Å²) in [6.07, 6.45) is 1.69. The Morgan fingerprint density at radius 3 is 2.95 bits per heavy atom. The highest BCUT2D eigenvalue weighted by Gasteiger charge is 2.06. The van der Waals surface area contributed by atoms with Crippen LogP contribution >= 0.6 is 0 Å². The number of nitrogens with one attached hydrogen (secondary N) is 1. The second-order valence-corrected chi connectivity index (χ2v) is 4.42. The van der Waals surface area contributed by atoms with E-state index >= 15 is 0 Å². The second kappa shape index (κ2) is 6.38. The van der Waals surface area contributed by atoms with Crippen LogP contribution in [0.1, 0.15) is 23.8 Å². The van der Waals surface area contributed by atoms with Crippen molar-refractivity contribution in [1.29, 1.82) is 0 Å². The topological polar surface area (TPSA) is 34.4 Å². The molecule has 2 aromatic rings. The van der Waals surface area contributed by atoms with Gasteiger partial charge in [-0.25, -0.2) is 4.39 Å². The lowest BCUT2D eigenvalue weighted by Crippen LogP contribution is -2.10. The van der Waals surface area contributed by atoms with Gasteiger partial charge in [0.2, 0.25) is 0 Å². The quantitative estimate of drug-likeness (QED) is 0.867. The van der Waals surface area contributed by atoms with Crippen LogP contribution in [0.15, 0.2) is 34.9 Å². The van der Waals surface area contributed by atoms with Gasteiger partial charge in [0.05, 0.1) is 6.26 Å². The van der Waals surface area contributed by atoms with Crippen molar-refractivity contribution < 1.29 is 13.5 Å². The fourth-order valence-corrected chi connectivity index (χ4v) is 1.73. The molecule has 0 bridgehead atoms. The number of benzene rings is 1. The Morgan fingerprint density at radius 2 is 2.16 bits per heavy atom. The standard InChI is InChI=1S/C15H18FNO2/c1-3-17-8-12-7-13(18-9-12)10-19-15-6-11(2)4-5-14(15)16/h4-7,9,17H,3,8,10H2,1-2H3. The van der Waals surface area contributed by atoms with Gasteiger partial charge in [0, 0.05) is 12.1 Å². The van der Waals surface area contributed by atoms with Gasteiger partial charge in [-0.05, 0) is 37.2 Å². The van der Waals surface area contributed by atoms with E-state index in [0.717, 1.165) is 24.2 Å². The van der Waals surface area contributed by atoms with Gasteiger partial charge in [-0.3, -0.25) is 0 Å². The SMILES string of the molecule is CCNCc1coc(COc2cc(C)ccc2F)c1. The molecular formula is C15H18FNO2. The molecule has 0 spiro atoms. The summed E-state index contributed by atoms with van der Waals surface area (Å²) >= 11 is 0. The number of hydrogen-bond acceptors (Lipinski definition) is 3. The summed E-state index contributed by atoms with van der Waals surface area (Å²) in [7, 11) is 0. The maximum atomic E-state index is 13.5.